The lowest BCUT2D eigenvalue weighted by Crippen LogP contribution is -2.20. The van der Waals surface area contributed by atoms with Crippen LogP contribution in [0, 0.1) is 0 Å². The lowest BCUT2D eigenvalue weighted by Gasteiger charge is -2.08. The van der Waals surface area contributed by atoms with E-state index in [0.29, 0.717) is 10.7 Å². The summed E-state index contributed by atoms with van der Waals surface area (Å²) in [7, 11) is 0. The molecule has 4 rings (SSSR count). The highest BCUT2D eigenvalue weighted by Crippen LogP contribution is 2.22. The Morgan fingerprint density at radius 2 is 1.73 bits per heavy atom. The van der Waals surface area contributed by atoms with E-state index in [1.54, 1.807) is 42.7 Å². The maximum Gasteiger partial charge on any atom is 0.272 e. The molecule has 0 saturated heterocycles. The fourth-order valence-electron chi connectivity index (χ4n) is 2.50. The van der Waals surface area contributed by atoms with Crippen molar-refractivity contribution in [2.45, 2.75) is 0 Å². The normalized spacial score (nSPS) is 11.1. The van der Waals surface area contributed by atoms with Crippen LogP contribution >= 0.6 is 11.6 Å². The van der Waals surface area contributed by atoms with E-state index in [2.05, 4.69) is 10.1 Å². The summed E-state index contributed by atoms with van der Waals surface area (Å²) in [6.07, 6.45) is 3.50. The Bertz CT molecular complexity index is 1050. The summed E-state index contributed by atoms with van der Waals surface area (Å²) in [6, 6.07) is 14.4. The summed E-state index contributed by atoms with van der Waals surface area (Å²) in [4.78, 5) is 16.5. The summed E-state index contributed by atoms with van der Waals surface area (Å²) >= 11 is 5.90. The molecule has 0 aliphatic heterocycles. The minimum Gasteiger partial charge on any atom is -0.267 e. The van der Waals surface area contributed by atoms with Crippen LogP contribution in [0.1, 0.15) is 0 Å². The lowest BCUT2D eigenvalue weighted by molar-refractivity contribution is 0.833. The van der Waals surface area contributed by atoms with E-state index in [4.69, 9.17) is 11.6 Å². The van der Waals surface area contributed by atoms with Gasteiger partial charge in [-0.15, -0.1) is 0 Å². The van der Waals surface area contributed by atoms with Crippen molar-refractivity contribution in [1.82, 2.24) is 14.8 Å². The Hall–Kier alpha value is -2.72. The molecule has 106 valence electrons. The van der Waals surface area contributed by atoms with Crippen molar-refractivity contribution in [3.8, 4) is 5.69 Å². The van der Waals surface area contributed by atoms with Gasteiger partial charge in [-0.05, 0) is 35.7 Å². The van der Waals surface area contributed by atoms with E-state index in [1.807, 2.05) is 18.2 Å². The van der Waals surface area contributed by atoms with Gasteiger partial charge in [0.05, 0.1) is 5.69 Å². The second kappa shape index (κ2) is 4.93. The third kappa shape index (κ3) is 2.05. The molecule has 2 aromatic heterocycles. The highest BCUT2D eigenvalue weighted by atomic mass is 35.5. The first-order valence-corrected chi connectivity index (χ1v) is 7.13. The molecule has 0 N–H and O–H groups in total. The van der Waals surface area contributed by atoms with Crippen LogP contribution in [0.4, 0.5) is 0 Å². The fourth-order valence-corrected chi connectivity index (χ4v) is 2.63. The maximum atomic E-state index is 12.3. The highest BCUT2D eigenvalue weighted by Gasteiger charge is 2.07. The van der Waals surface area contributed by atoms with Crippen LogP contribution in [0.25, 0.3) is 27.4 Å². The molecule has 4 aromatic rings. The Morgan fingerprint density at radius 3 is 2.55 bits per heavy atom. The van der Waals surface area contributed by atoms with Gasteiger partial charge in [0.15, 0.2) is 0 Å². The molecule has 0 atom stereocenters. The Kier molecular flexibility index (Phi) is 2.91. The van der Waals surface area contributed by atoms with Gasteiger partial charge in [-0.2, -0.15) is 9.78 Å². The molecule has 0 bridgehead atoms. The van der Waals surface area contributed by atoms with Crippen molar-refractivity contribution in [2.75, 3.05) is 0 Å². The molecule has 2 heterocycles. The summed E-state index contributed by atoms with van der Waals surface area (Å²) < 4.78 is 1.38. The van der Waals surface area contributed by atoms with Crippen molar-refractivity contribution < 1.29 is 0 Å². The molecular weight excluding hydrogens is 298 g/mol. The van der Waals surface area contributed by atoms with Gasteiger partial charge < -0.3 is 0 Å². The molecule has 22 heavy (non-hydrogen) atoms. The van der Waals surface area contributed by atoms with Crippen molar-refractivity contribution in [3.63, 3.8) is 0 Å². The average Bonchev–Trinajstić information content (AvgIpc) is 2.55. The predicted molar refractivity (Wildman–Crippen MR) is 87.7 cm³/mol. The SMILES string of the molecule is O=c1cc2ccc3ccncc3c2nn1-c1ccc(Cl)cc1. The van der Waals surface area contributed by atoms with Crippen LogP contribution in [-0.4, -0.2) is 14.8 Å². The smallest absolute Gasteiger partial charge is 0.267 e. The van der Waals surface area contributed by atoms with E-state index in [-0.39, 0.29) is 5.56 Å². The van der Waals surface area contributed by atoms with Gasteiger partial charge in [0.1, 0.15) is 5.52 Å². The minimum atomic E-state index is -0.182. The first-order chi connectivity index (χ1) is 10.7. The Labute approximate surface area is 130 Å². The quantitative estimate of drug-likeness (QED) is 0.505. The highest BCUT2D eigenvalue weighted by molar-refractivity contribution is 6.30. The molecule has 0 amide bonds. The van der Waals surface area contributed by atoms with E-state index < -0.39 is 0 Å². The van der Waals surface area contributed by atoms with Crippen LogP contribution < -0.4 is 5.56 Å². The summed E-state index contributed by atoms with van der Waals surface area (Å²) in [5, 5.41) is 7.90. The topological polar surface area (TPSA) is 47.8 Å². The van der Waals surface area contributed by atoms with Gasteiger partial charge in [0.2, 0.25) is 0 Å². The van der Waals surface area contributed by atoms with Crippen molar-refractivity contribution in [1.29, 1.82) is 0 Å². The average molecular weight is 308 g/mol. The van der Waals surface area contributed by atoms with Crippen LogP contribution in [-0.2, 0) is 0 Å². The number of benzene rings is 2. The lowest BCUT2D eigenvalue weighted by atomic mass is 10.1. The molecule has 5 heteroatoms. The number of fused-ring (bicyclic) bond motifs is 3. The zero-order chi connectivity index (χ0) is 15.1. The molecule has 0 aliphatic carbocycles. The zero-order valence-corrected chi connectivity index (χ0v) is 12.2. The van der Waals surface area contributed by atoms with Crippen LogP contribution in [0.5, 0.6) is 0 Å². The number of nitrogens with zero attached hydrogens (tertiary/aromatic N) is 3. The number of aromatic nitrogens is 3. The third-order valence-corrected chi connectivity index (χ3v) is 3.84. The number of hydrogen-bond donors (Lipinski definition) is 0. The molecule has 0 fully saturated rings. The predicted octanol–water partition coefficient (Wildman–Crippen LogP) is 3.59. The molecule has 0 aliphatic rings. The second-order valence-corrected chi connectivity index (χ2v) is 5.41. The van der Waals surface area contributed by atoms with Gasteiger partial charge in [0, 0.05) is 34.3 Å². The fraction of sp³-hybridized carbons (Fsp3) is 0. The van der Waals surface area contributed by atoms with E-state index in [9.17, 15) is 4.79 Å². The molecule has 4 nitrogen and oxygen atoms in total. The van der Waals surface area contributed by atoms with E-state index >= 15 is 0 Å². The van der Waals surface area contributed by atoms with Crippen LogP contribution in [0.2, 0.25) is 5.02 Å². The number of rotatable bonds is 1. The van der Waals surface area contributed by atoms with Crippen molar-refractivity contribution in [2.24, 2.45) is 0 Å². The molecular formula is C17H10ClN3O. The third-order valence-electron chi connectivity index (χ3n) is 3.58. The summed E-state index contributed by atoms with van der Waals surface area (Å²) in [5.41, 5.74) is 1.25. The summed E-state index contributed by atoms with van der Waals surface area (Å²) in [6.45, 7) is 0. The first kappa shape index (κ1) is 13.0. The maximum absolute atomic E-state index is 12.3. The number of hydrogen-bond acceptors (Lipinski definition) is 3. The molecule has 0 unspecified atom stereocenters. The summed E-state index contributed by atoms with van der Waals surface area (Å²) in [5.74, 6) is 0. The standard InChI is InChI=1S/C17H10ClN3O/c18-13-3-5-14(6-4-13)21-16(22)9-12-2-1-11-7-8-19-10-15(11)17(12)20-21/h1-10H. The van der Waals surface area contributed by atoms with Gasteiger partial charge in [-0.1, -0.05) is 23.7 Å². The van der Waals surface area contributed by atoms with Gasteiger partial charge in [0.25, 0.3) is 5.56 Å². The minimum absolute atomic E-state index is 0.182. The molecule has 0 radical (unpaired) electrons. The second-order valence-electron chi connectivity index (χ2n) is 4.97. The molecule has 0 saturated carbocycles. The van der Waals surface area contributed by atoms with E-state index in [0.717, 1.165) is 21.7 Å². The van der Waals surface area contributed by atoms with Gasteiger partial charge in [-0.25, -0.2) is 0 Å². The van der Waals surface area contributed by atoms with Gasteiger partial charge >= 0.3 is 0 Å². The van der Waals surface area contributed by atoms with Crippen LogP contribution in [0.3, 0.4) is 0 Å². The van der Waals surface area contributed by atoms with Crippen molar-refractivity contribution >= 4 is 33.3 Å². The van der Waals surface area contributed by atoms with Crippen LogP contribution in [0.15, 0.2) is 65.7 Å². The monoisotopic (exact) mass is 307 g/mol. The Balaban J connectivity index is 2.07. The largest absolute Gasteiger partial charge is 0.272 e. The number of pyridine rings is 1. The van der Waals surface area contributed by atoms with Gasteiger partial charge in [-0.3, -0.25) is 9.78 Å². The van der Waals surface area contributed by atoms with Crippen molar-refractivity contribution in [3.05, 3.63) is 76.3 Å². The first-order valence-electron chi connectivity index (χ1n) is 6.75. The molecule has 0 spiro atoms. The molecule has 2 aromatic carbocycles. The zero-order valence-electron chi connectivity index (χ0n) is 11.4. The van der Waals surface area contributed by atoms with E-state index in [1.165, 1.54) is 4.68 Å². The number of halogens is 1. The Morgan fingerprint density at radius 1 is 0.955 bits per heavy atom.